The van der Waals surface area contributed by atoms with Crippen molar-refractivity contribution in [1.29, 1.82) is 0 Å². The molecule has 2 atom stereocenters. The highest BCUT2D eigenvalue weighted by Gasteiger charge is 2.28. The normalized spacial score (nSPS) is 20.3. The summed E-state index contributed by atoms with van der Waals surface area (Å²) in [6.07, 6.45) is 8.56. The van der Waals surface area contributed by atoms with E-state index in [-0.39, 0.29) is 6.10 Å². The first-order chi connectivity index (χ1) is 14.1. The Bertz CT molecular complexity index is 827. The molecule has 2 aromatic rings. The SMILES string of the molecule is CC(C)CC(Oc1ccc(-c2cccc(N)n2)c2c1CCCC2)C1CCCNC1. The number of anilines is 1. The summed E-state index contributed by atoms with van der Waals surface area (Å²) in [5.74, 6) is 2.91. The van der Waals surface area contributed by atoms with E-state index >= 15 is 0 Å². The number of nitrogens with two attached hydrogens (primary N) is 1. The smallest absolute Gasteiger partial charge is 0.124 e. The summed E-state index contributed by atoms with van der Waals surface area (Å²) in [5.41, 5.74) is 11.0. The number of hydrogen-bond acceptors (Lipinski definition) is 4. The quantitative estimate of drug-likeness (QED) is 0.725. The van der Waals surface area contributed by atoms with Crippen LogP contribution in [0.2, 0.25) is 0 Å². The summed E-state index contributed by atoms with van der Waals surface area (Å²) in [6.45, 7) is 6.82. The van der Waals surface area contributed by atoms with Gasteiger partial charge in [-0.3, -0.25) is 0 Å². The van der Waals surface area contributed by atoms with Crippen LogP contribution in [0.15, 0.2) is 30.3 Å². The van der Waals surface area contributed by atoms with E-state index in [0.29, 0.717) is 17.7 Å². The number of nitrogens with one attached hydrogen (secondary N) is 1. The second-order valence-electron chi connectivity index (χ2n) is 9.12. The lowest BCUT2D eigenvalue weighted by atomic mass is 9.85. The fourth-order valence-corrected chi connectivity index (χ4v) is 4.95. The molecule has 0 amide bonds. The molecule has 4 heteroatoms. The van der Waals surface area contributed by atoms with Crippen LogP contribution in [0.4, 0.5) is 5.82 Å². The molecule has 4 rings (SSSR count). The molecule has 0 bridgehead atoms. The van der Waals surface area contributed by atoms with Gasteiger partial charge in [-0.1, -0.05) is 19.9 Å². The third kappa shape index (κ3) is 4.75. The van der Waals surface area contributed by atoms with Crippen molar-refractivity contribution in [2.75, 3.05) is 18.8 Å². The standard InChI is InChI=1S/C25H35N3O/c1-17(2)15-24(18-7-6-14-27-16-18)29-23-13-12-20(19-8-3-4-9-21(19)23)22-10-5-11-25(26)28-22/h5,10-13,17-18,24,27H,3-4,6-9,14-16H2,1-2H3,(H2,26,28). The Morgan fingerprint density at radius 1 is 1.10 bits per heavy atom. The van der Waals surface area contributed by atoms with E-state index < -0.39 is 0 Å². The van der Waals surface area contributed by atoms with Gasteiger partial charge in [0, 0.05) is 18.0 Å². The van der Waals surface area contributed by atoms with Crippen LogP contribution in [0.1, 0.15) is 57.1 Å². The predicted octanol–water partition coefficient (Wildman–Crippen LogP) is 5.00. The number of hydrogen-bond donors (Lipinski definition) is 2. The van der Waals surface area contributed by atoms with Gasteiger partial charge < -0.3 is 15.8 Å². The van der Waals surface area contributed by atoms with Crippen LogP contribution in [0, 0.1) is 11.8 Å². The Balaban J connectivity index is 1.66. The van der Waals surface area contributed by atoms with Gasteiger partial charge in [0.15, 0.2) is 0 Å². The van der Waals surface area contributed by atoms with Gasteiger partial charge in [0.05, 0.1) is 5.69 Å². The van der Waals surface area contributed by atoms with Crippen molar-refractivity contribution in [2.24, 2.45) is 11.8 Å². The van der Waals surface area contributed by atoms with Gasteiger partial charge in [-0.15, -0.1) is 0 Å². The number of pyridine rings is 1. The molecule has 0 radical (unpaired) electrons. The molecule has 2 aliphatic rings. The maximum atomic E-state index is 6.79. The van der Waals surface area contributed by atoms with E-state index in [0.717, 1.165) is 43.8 Å². The molecule has 1 aliphatic heterocycles. The lowest BCUT2D eigenvalue weighted by Crippen LogP contribution is -2.40. The third-order valence-corrected chi connectivity index (χ3v) is 6.38. The number of fused-ring (bicyclic) bond motifs is 1. The number of ether oxygens (including phenoxy) is 1. The lowest BCUT2D eigenvalue weighted by molar-refractivity contribution is 0.0940. The van der Waals surface area contributed by atoms with Gasteiger partial charge in [0.1, 0.15) is 17.7 Å². The molecule has 3 N–H and O–H groups in total. The van der Waals surface area contributed by atoms with Gasteiger partial charge in [0.2, 0.25) is 0 Å². The Hall–Kier alpha value is -2.07. The summed E-state index contributed by atoms with van der Waals surface area (Å²) >= 11 is 0. The summed E-state index contributed by atoms with van der Waals surface area (Å²) in [5, 5.41) is 3.57. The zero-order valence-corrected chi connectivity index (χ0v) is 17.9. The van der Waals surface area contributed by atoms with Gasteiger partial charge in [-0.2, -0.15) is 0 Å². The minimum atomic E-state index is 0.283. The maximum absolute atomic E-state index is 6.79. The molecule has 1 fully saturated rings. The van der Waals surface area contributed by atoms with Crippen LogP contribution in [-0.4, -0.2) is 24.2 Å². The number of benzene rings is 1. The van der Waals surface area contributed by atoms with Crippen molar-refractivity contribution in [3.8, 4) is 17.0 Å². The van der Waals surface area contributed by atoms with Gasteiger partial charge in [-0.25, -0.2) is 4.98 Å². The van der Waals surface area contributed by atoms with Crippen molar-refractivity contribution in [3.05, 3.63) is 41.5 Å². The molecular formula is C25H35N3O. The lowest BCUT2D eigenvalue weighted by Gasteiger charge is -2.33. The van der Waals surface area contributed by atoms with Crippen LogP contribution in [0.3, 0.4) is 0 Å². The number of aromatic nitrogens is 1. The second-order valence-corrected chi connectivity index (χ2v) is 9.12. The number of nitrogen functional groups attached to an aromatic ring is 1. The van der Waals surface area contributed by atoms with Crippen molar-refractivity contribution in [1.82, 2.24) is 10.3 Å². The molecule has 0 saturated carbocycles. The Morgan fingerprint density at radius 3 is 2.66 bits per heavy atom. The van der Waals surface area contributed by atoms with E-state index in [2.05, 4.69) is 42.3 Å². The minimum absolute atomic E-state index is 0.283. The molecule has 1 aliphatic carbocycles. The van der Waals surface area contributed by atoms with Gasteiger partial charge in [-0.05, 0) is 92.8 Å². The van der Waals surface area contributed by atoms with Gasteiger partial charge in [0.25, 0.3) is 0 Å². The zero-order chi connectivity index (χ0) is 20.2. The monoisotopic (exact) mass is 393 g/mol. The third-order valence-electron chi connectivity index (χ3n) is 6.38. The molecule has 29 heavy (non-hydrogen) atoms. The number of rotatable bonds is 6. The van der Waals surface area contributed by atoms with Gasteiger partial charge >= 0.3 is 0 Å². The number of piperidine rings is 1. The Kier molecular flexibility index (Phi) is 6.39. The topological polar surface area (TPSA) is 60.2 Å². The molecular weight excluding hydrogens is 358 g/mol. The van der Waals surface area contributed by atoms with E-state index in [4.69, 9.17) is 10.5 Å². The average molecular weight is 394 g/mol. The highest BCUT2D eigenvalue weighted by atomic mass is 16.5. The minimum Gasteiger partial charge on any atom is -0.490 e. The Labute approximate surface area is 175 Å². The Morgan fingerprint density at radius 2 is 1.93 bits per heavy atom. The summed E-state index contributed by atoms with van der Waals surface area (Å²) < 4.78 is 6.79. The highest BCUT2D eigenvalue weighted by molar-refractivity contribution is 5.69. The van der Waals surface area contributed by atoms with E-state index in [1.807, 2.05) is 12.1 Å². The average Bonchev–Trinajstić information content (AvgIpc) is 2.74. The van der Waals surface area contributed by atoms with Crippen LogP contribution < -0.4 is 15.8 Å². The molecule has 1 aromatic heterocycles. The van der Waals surface area contributed by atoms with E-state index in [1.165, 1.54) is 42.4 Å². The molecule has 156 valence electrons. The molecule has 4 nitrogen and oxygen atoms in total. The fraction of sp³-hybridized carbons (Fsp3) is 0.560. The largest absolute Gasteiger partial charge is 0.490 e. The van der Waals surface area contributed by atoms with Crippen molar-refractivity contribution in [2.45, 2.75) is 64.9 Å². The van der Waals surface area contributed by atoms with Crippen LogP contribution in [0.25, 0.3) is 11.3 Å². The summed E-state index contributed by atoms with van der Waals surface area (Å²) in [6, 6.07) is 10.3. The van der Waals surface area contributed by atoms with Crippen LogP contribution >= 0.6 is 0 Å². The molecule has 0 spiro atoms. The van der Waals surface area contributed by atoms with Crippen molar-refractivity contribution < 1.29 is 4.74 Å². The first-order valence-electron chi connectivity index (χ1n) is 11.4. The van der Waals surface area contributed by atoms with Crippen LogP contribution in [0.5, 0.6) is 5.75 Å². The zero-order valence-electron chi connectivity index (χ0n) is 17.9. The maximum Gasteiger partial charge on any atom is 0.124 e. The van der Waals surface area contributed by atoms with Crippen molar-refractivity contribution >= 4 is 5.82 Å². The molecule has 2 unspecified atom stereocenters. The van der Waals surface area contributed by atoms with Crippen LogP contribution in [-0.2, 0) is 12.8 Å². The summed E-state index contributed by atoms with van der Waals surface area (Å²) in [7, 11) is 0. The first-order valence-corrected chi connectivity index (χ1v) is 11.4. The fourth-order valence-electron chi connectivity index (χ4n) is 4.95. The summed E-state index contributed by atoms with van der Waals surface area (Å²) in [4.78, 5) is 4.58. The van der Waals surface area contributed by atoms with E-state index in [1.54, 1.807) is 0 Å². The van der Waals surface area contributed by atoms with Crippen molar-refractivity contribution in [3.63, 3.8) is 0 Å². The molecule has 1 aromatic carbocycles. The highest BCUT2D eigenvalue weighted by Crippen LogP contribution is 2.38. The van der Waals surface area contributed by atoms with E-state index in [9.17, 15) is 0 Å². The number of nitrogens with zero attached hydrogens (tertiary/aromatic N) is 1. The predicted molar refractivity (Wildman–Crippen MR) is 120 cm³/mol. The molecule has 1 saturated heterocycles. The second kappa shape index (κ2) is 9.17. The molecule has 2 heterocycles. The first kappa shape index (κ1) is 20.2.